The van der Waals surface area contributed by atoms with Gasteiger partial charge in [-0.15, -0.1) is 20.4 Å². The highest BCUT2D eigenvalue weighted by atomic mass is 16.4. The van der Waals surface area contributed by atoms with Gasteiger partial charge in [-0.25, -0.2) is 0 Å². The Balaban J connectivity index is 1.56. The predicted molar refractivity (Wildman–Crippen MR) is 49.9 cm³/mol. The van der Waals surface area contributed by atoms with Crippen molar-refractivity contribution in [3.05, 3.63) is 24.6 Å². The van der Waals surface area contributed by atoms with E-state index in [2.05, 4.69) is 20.4 Å². The van der Waals surface area contributed by atoms with Crippen molar-refractivity contribution in [2.75, 3.05) is 0 Å². The third kappa shape index (κ3) is 3.16. The summed E-state index contributed by atoms with van der Waals surface area (Å²) < 4.78 is 10.0. The highest BCUT2D eigenvalue weighted by Gasteiger charge is 2.00. The zero-order valence-electron chi connectivity index (χ0n) is 8.30. The quantitative estimate of drug-likeness (QED) is 0.668. The summed E-state index contributed by atoms with van der Waals surface area (Å²) in [6, 6.07) is 0. The van der Waals surface area contributed by atoms with Crippen LogP contribution in [0.25, 0.3) is 0 Å². The molecule has 0 amide bonds. The monoisotopic (exact) mass is 208 g/mol. The summed E-state index contributed by atoms with van der Waals surface area (Å²) in [5.41, 5.74) is 0. The maximum absolute atomic E-state index is 5.02. The van der Waals surface area contributed by atoms with Crippen molar-refractivity contribution in [2.45, 2.75) is 32.1 Å². The third-order valence-corrected chi connectivity index (χ3v) is 2.09. The van der Waals surface area contributed by atoms with E-state index in [4.69, 9.17) is 8.83 Å². The van der Waals surface area contributed by atoms with Crippen LogP contribution in [0, 0.1) is 0 Å². The van der Waals surface area contributed by atoms with Crippen LogP contribution in [0.15, 0.2) is 21.6 Å². The van der Waals surface area contributed by atoms with Crippen LogP contribution in [-0.4, -0.2) is 20.4 Å². The van der Waals surface area contributed by atoms with Gasteiger partial charge in [-0.05, 0) is 12.8 Å². The molecule has 0 aliphatic rings. The first-order chi connectivity index (χ1) is 7.45. The molecule has 0 atom stereocenters. The molecule has 6 heteroatoms. The number of unbranched alkanes of at least 4 members (excludes halogenated alkanes) is 2. The molecular weight excluding hydrogens is 196 g/mol. The van der Waals surface area contributed by atoms with E-state index in [1.165, 1.54) is 12.8 Å². The van der Waals surface area contributed by atoms with Crippen LogP contribution < -0.4 is 0 Å². The minimum Gasteiger partial charge on any atom is -0.428 e. The number of nitrogens with zero attached hydrogens (tertiary/aromatic N) is 4. The Labute approximate surface area is 86.7 Å². The fraction of sp³-hybridized carbons (Fsp3) is 0.556. The Kier molecular flexibility index (Phi) is 3.43. The lowest BCUT2D eigenvalue weighted by molar-refractivity contribution is 0.464. The molecule has 2 rings (SSSR count). The zero-order valence-corrected chi connectivity index (χ0v) is 8.30. The molecule has 0 unspecified atom stereocenters. The number of aromatic nitrogens is 4. The summed E-state index contributed by atoms with van der Waals surface area (Å²) >= 11 is 0. The zero-order chi connectivity index (χ0) is 10.3. The highest BCUT2D eigenvalue weighted by Crippen LogP contribution is 2.06. The van der Waals surface area contributed by atoms with E-state index in [9.17, 15) is 0 Å². The SMILES string of the molecule is c1nnc(CCCCCc2nnco2)o1. The third-order valence-electron chi connectivity index (χ3n) is 2.09. The molecule has 2 aromatic rings. The van der Waals surface area contributed by atoms with Crippen molar-refractivity contribution in [3.63, 3.8) is 0 Å². The fourth-order valence-corrected chi connectivity index (χ4v) is 1.34. The molecule has 6 nitrogen and oxygen atoms in total. The molecule has 0 saturated heterocycles. The van der Waals surface area contributed by atoms with Gasteiger partial charge in [0.15, 0.2) is 0 Å². The van der Waals surface area contributed by atoms with Gasteiger partial charge in [-0.3, -0.25) is 0 Å². The van der Waals surface area contributed by atoms with Crippen LogP contribution in [0.3, 0.4) is 0 Å². The van der Waals surface area contributed by atoms with Crippen molar-refractivity contribution in [3.8, 4) is 0 Å². The van der Waals surface area contributed by atoms with Crippen molar-refractivity contribution in [1.29, 1.82) is 0 Å². The second kappa shape index (κ2) is 5.23. The van der Waals surface area contributed by atoms with Gasteiger partial charge in [0.2, 0.25) is 24.6 Å². The van der Waals surface area contributed by atoms with Crippen molar-refractivity contribution >= 4 is 0 Å². The standard InChI is InChI=1S/C9H12N4O2/c1(2-4-8-12-10-6-14-8)3-5-9-13-11-7-15-9/h6-7H,1-5H2. The minimum absolute atomic E-state index is 0.702. The number of rotatable bonds is 6. The van der Waals surface area contributed by atoms with Gasteiger partial charge in [0.25, 0.3) is 0 Å². The van der Waals surface area contributed by atoms with Gasteiger partial charge in [0.05, 0.1) is 0 Å². The van der Waals surface area contributed by atoms with Gasteiger partial charge in [-0.1, -0.05) is 6.42 Å². The Morgan fingerprint density at radius 3 is 1.73 bits per heavy atom. The number of aryl methyl sites for hydroxylation is 2. The smallest absolute Gasteiger partial charge is 0.216 e. The molecule has 0 saturated carbocycles. The van der Waals surface area contributed by atoms with E-state index >= 15 is 0 Å². The van der Waals surface area contributed by atoms with E-state index in [0.29, 0.717) is 11.8 Å². The summed E-state index contributed by atoms with van der Waals surface area (Å²) in [7, 11) is 0. The molecule has 0 aromatic carbocycles. The Morgan fingerprint density at radius 2 is 1.33 bits per heavy atom. The van der Waals surface area contributed by atoms with E-state index in [0.717, 1.165) is 32.1 Å². The van der Waals surface area contributed by atoms with E-state index in [-0.39, 0.29) is 0 Å². The molecular formula is C9H12N4O2. The predicted octanol–water partition coefficient (Wildman–Crippen LogP) is 1.41. The molecule has 0 aliphatic carbocycles. The first-order valence-corrected chi connectivity index (χ1v) is 4.95. The van der Waals surface area contributed by atoms with Crippen molar-refractivity contribution in [1.82, 2.24) is 20.4 Å². The lowest BCUT2D eigenvalue weighted by Crippen LogP contribution is -1.89. The van der Waals surface area contributed by atoms with E-state index in [1.807, 2.05) is 0 Å². The van der Waals surface area contributed by atoms with Crippen LogP contribution in [-0.2, 0) is 12.8 Å². The van der Waals surface area contributed by atoms with Crippen LogP contribution in [0.4, 0.5) is 0 Å². The van der Waals surface area contributed by atoms with Crippen LogP contribution in [0.5, 0.6) is 0 Å². The van der Waals surface area contributed by atoms with Crippen molar-refractivity contribution < 1.29 is 8.83 Å². The lowest BCUT2D eigenvalue weighted by Gasteiger charge is -1.95. The number of hydrogen-bond donors (Lipinski definition) is 0. The molecule has 15 heavy (non-hydrogen) atoms. The molecule has 0 radical (unpaired) electrons. The molecule has 2 aromatic heterocycles. The second-order valence-corrected chi connectivity index (χ2v) is 3.23. The molecule has 0 fully saturated rings. The van der Waals surface area contributed by atoms with Crippen LogP contribution in [0.1, 0.15) is 31.0 Å². The summed E-state index contributed by atoms with van der Waals surface area (Å²) in [5.74, 6) is 1.40. The van der Waals surface area contributed by atoms with Gasteiger partial charge in [-0.2, -0.15) is 0 Å². The molecule has 80 valence electrons. The molecule has 0 N–H and O–H groups in total. The van der Waals surface area contributed by atoms with Crippen molar-refractivity contribution in [2.24, 2.45) is 0 Å². The maximum atomic E-state index is 5.02. The summed E-state index contributed by atoms with van der Waals surface area (Å²) in [5, 5.41) is 14.8. The van der Waals surface area contributed by atoms with Gasteiger partial charge < -0.3 is 8.83 Å². The Morgan fingerprint density at radius 1 is 0.800 bits per heavy atom. The Hall–Kier alpha value is -1.72. The summed E-state index contributed by atoms with van der Waals surface area (Å²) in [6.07, 6.45) is 7.55. The van der Waals surface area contributed by atoms with Crippen LogP contribution in [0.2, 0.25) is 0 Å². The Bertz CT molecular complexity index is 321. The van der Waals surface area contributed by atoms with E-state index in [1.54, 1.807) is 0 Å². The fourth-order valence-electron chi connectivity index (χ4n) is 1.34. The maximum Gasteiger partial charge on any atom is 0.216 e. The first kappa shape index (κ1) is 9.82. The summed E-state index contributed by atoms with van der Waals surface area (Å²) in [6.45, 7) is 0. The molecule has 0 aliphatic heterocycles. The topological polar surface area (TPSA) is 77.8 Å². The highest BCUT2D eigenvalue weighted by molar-refractivity contribution is 4.74. The lowest BCUT2D eigenvalue weighted by atomic mass is 10.1. The van der Waals surface area contributed by atoms with E-state index < -0.39 is 0 Å². The molecule has 0 spiro atoms. The molecule has 2 heterocycles. The number of hydrogen-bond acceptors (Lipinski definition) is 6. The van der Waals surface area contributed by atoms with Gasteiger partial charge in [0.1, 0.15) is 0 Å². The van der Waals surface area contributed by atoms with Gasteiger partial charge in [0, 0.05) is 12.8 Å². The van der Waals surface area contributed by atoms with Gasteiger partial charge >= 0.3 is 0 Å². The van der Waals surface area contributed by atoms with Crippen LogP contribution >= 0.6 is 0 Å². The minimum atomic E-state index is 0.702. The summed E-state index contributed by atoms with van der Waals surface area (Å²) in [4.78, 5) is 0. The average molecular weight is 208 g/mol. The normalized spacial score (nSPS) is 10.7. The largest absolute Gasteiger partial charge is 0.428 e. The second-order valence-electron chi connectivity index (χ2n) is 3.23. The average Bonchev–Trinajstić information content (AvgIpc) is 2.88. The first-order valence-electron chi connectivity index (χ1n) is 4.95. The molecule has 0 bridgehead atoms.